The van der Waals surface area contributed by atoms with E-state index in [1.807, 2.05) is 0 Å². The Morgan fingerprint density at radius 1 is 1.64 bits per heavy atom. The van der Waals surface area contributed by atoms with Crippen LogP contribution in [0.2, 0.25) is 0 Å². The molecule has 0 aliphatic carbocycles. The summed E-state index contributed by atoms with van der Waals surface area (Å²) in [6.45, 7) is 0.671. The molecule has 4 heteroatoms. The summed E-state index contributed by atoms with van der Waals surface area (Å²) in [7, 11) is 0. The maximum atomic E-state index is 11.0. The van der Waals surface area contributed by atoms with Gasteiger partial charge in [-0.3, -0.25) is 4.79 Å². The first-order chi connectivity index (χ1) is 5.27. The van der Waals surface area contributed by atoms with E-state index in [0.717, 1.165) is 12.0 Å². The molecule has 0 unspecified atom stereocenters. The Kier molecular flexibility index (Phi) is 1.15. The summed E-state index contributed by atoms with van der Waals surface area (Å²) in [6, 6.07) is 1.70. The molecule has 1 amide bonds. The number of anilines is 1. The second-order valence-electron chi connectivity index (χ2n) is 2.51. The number of nitrogens with two attached hydrogens (primary N) is 1. The van der Waals surface area contributed by atoms with Crippen molar-refractivity contribution in [1.82, 2.24) is 5.32 Å². The van der Waals surface area contributed by atoms with Crippen LogP contribution in [-0.2, 0) is 6.42 Å². The van der Waals surface area contributed by atoms with Crippen LogP contribution in [0.5, 0.6) is 0 Å². The molecular weight excluding hydrogens is 144 g/mol. The Balaban J connectivity index is 2.52. The van der Waals surface area contributed by atoms with Gasteiger partial charge in [-0.1, -0.05) is 0 Å². The number of nitrogens with one attached hydrogen (secondary N) is 1. The zero-order valence-corrected chi connectivity index (χ0v) is 5.89. The predicted octanol–water partition coefficient (Wildman–Crippen LogP) is 0.148. The van der Waals surface area contributed by atoms with Crippen LogP contribution in [0.4, 0.5) is 5.88 Å². The van der Waals surface area contributed by atoms with Crippen molar-refractivity contribution in [3.8, 4) is 0 Å². The summed E-state index contributed by atoms with van der Waals surface area (Å²) in [5.41, 5.74) is 6.28. The van der Waals surface area contributed by atoms with Crippen molar-refractivity contribution in [1.29, 1.82) is 0 Å². The molecule has 0 saturated heterocycles. The topological polar surface area (TPSA) is 68.3 Å². The Morgan fingerprint density at radius 3 is 3.18 bits per heavy atom. The largest absolute Gasteiger partial charge is 0.436 e. The molecule has 1 aromatic heterocycles. The minimum absolute atomic E-state index is 0.164. The SMILES string of the molecule is Nc1cc2c(o1)C(=O)NCC2. The van der Waals surface area contributed by atoms with E-state index in [-0.39, 0.29) is 5.91 Å². The van der Waals surface area contributed by atoms with Gasteiger partial charge in [-0.15, -0.1) is 0 Å². The molecule has 3 N–H and O–H groups in total. The molecule has 2 heterocycles. The van der Waals surface area contributed by atoms with Gasteiger partial charge in [-0.2, -0.15) is 0 Å². The van der Waals surface area contributed by atoms with Gasteiger partial charge < -0.3 is 15.5 Å². The minimum Gasteiger partial charge on any atom is -0.436 e. The maximum absolute atomic E-state index is 11.0. The van der Waals surface area contributed by atoms with Gasteiger partial charge in [0.25, 0.3) is 5.91 Å². The Labute approximate surface area is 63.4 Å². The molecule has 0 radical (unpaired) electrons. The van der Waals surface area contributed by atoms with Crippen molar-refractivity contribution < 1.29 is 9.21 Å². The van der Waals surface area contributed by atoms with Crippen LogP contribution in [0.15, 0.2) is 10.5 Å². The van der Waals surface area contributed by atoms with E-state index < -0.39 is 0 Å². The molecule has 58 valence electrons. The smallest absolute Gasteiger partial charge is 0.287 e. The zero-order valence-electron chi connectivity index (χ0n) is 5.89. The van der Waals surface area contributed by atoms with E-state index in [1.165, 1.54) is 0 Å². The van der Waals surface area contributed by atoms with Crippen molar-refractivity contribution in [3.63, 3.8) is 0 Å². The molecule has 2 rings (SSSR count). The fourth-order valence-corrected chi connectivity index (χ4v) is 1.22. The average Bonchev–Trinajstić information content (AvgIpc) is 2.31. The predicted molar refractivity (Wildman–Crippen MR) is 39.2 cm³/mol. The van der Waals surface area contributed by atoms with E-state index in [9.17, 15) is 4.79 Å². The van der Waals surface area contributed by atoms with Gasteiger partial charge in [0.05, 0.1) is 0 Å². The Bertz CT molecular complexity index is 303. The number of furan rings is 1. The van der Waals surface area contributed by atoms with Gasteiger partial charge in [0.15, 0.2) is 11.6 Å². The molecule has 0 aromatic carbocycles. The fraction of sp³-hybridized carbons (Fsp3) is 0.286. The molecule has 0 atom stereocenters. The highest BCUT2D eigenvalue weighted by Crippen LogP contribution is 2.19. The molecule has 0 bridgehead atoms. The summed E-state index contributed by atoms with van der Waals surface area (Å²) < 4.78 is 4.98. The molecule has 4 nitrogen and oxygen atoms in total. The third-order valence-corrected chi connectivity index (χ3v) is 1.71. The van der Waals surface area contributed by atoms with Crippen molar-refractivity contribution >= 4 is 11.8 Å². The fourth-order valence-electron chi connectivity index (χ4n) is 1.22. The summed E-state index contributed by atoms with van der Waals surface area (Å²) in [5.74, 6) is 0.517. The number of amides is 1. The van der Waals surface area contributed by atoms with E-state index in [1.54, 1.807) is 6.07 Å². The van der Waals surface area contributed by atoms with Crippen molar-refractivity contribution in [2.24, 2.45) is 0 Å². The number of hydrogen-bond donors (Lipinski definition) is 2. The second kappa shape index (κ2) is 2.02. The molecule has 11 heavy (non-hydrogen) atoms. The van der Waals surface area contributed by atoms with Gasteiger partial charge in [0.1, 0.15) is 0 Å². The van der Waals surface area contributed by atoms with Gasteiger partial charge in [0.2, 0.25) is 0 Å². The van der Waals surface area contributed by atoms with Gasteiger partial charge in [-0.05, 0) is 6.42 Å². The quantitative estimate of drug-likeness (QED) is 0.556. The van der Waals surface area contributed by atoms with Crippen molar-refractivity contribution in [3.05, 3.63) is 17.4 Å². The Hall–Kier alpha value is -1.45. The van der Waals surface area contributed by atoms with Crippen LogP contribution in [0.25, 0.3) is 0 Å². The van der Waals surface area contributed by atoms with Crippen LogP contribution in [0.3, 0.4) is 0 Å². The number of nitrogen functional groups attached to an aromatic ring is 1. The summed E-state index contributed by atoms with van der Waals surface area (Å²) >= 11 is 0. The van der Waals surface area contributed by atoms with E-state index >= 15 is 0 Å². The highest BCUT2D eigenvalue weighted by molar-refractivity contribution is 5.94. The first-order valence-corrected chi connectivity index (χ1v) is 3.44. The lowest BCUT2D eigenvalue weighted by Crippen LogP contribution is -2.30. The standard InChI is InChI=1S/C7H8N2O2/c8-5-3-4-1-2-9-7(10)6(4)11-5/h3H,1-2,8H2,(H,9,10). The summed E-state index contributed by atoms with van der Waals surface area (Å²) in [6.07, 6.45) is 0.807. The van der Waals surface area contributed by atoms with Gasteiger partial charge in [0, 0.05) is 18.2 Å². The number of fused-ring (bicyclic) bond motifs is 1. The lowest BCUT2D eigenvalue weighted by Gasteiger charge is -2.09. The van der Waals surface area contributed by atoms with Crippen molar-refractivity contribution in [2.75, 3.05) is 12.3 Å². The van der Waals surface area contributed by atoms with E-state index in [2.05, 4.69) is 5.32 Å². The van der Waals surface area contributed by atoms with Crippen molar-refractivity contribution in [2.45, 2.75) is 6.42 Å². The second-order valence-corrected chi connectivity index (χ2v) is 2.51. The number of carbonyl (C=O) groups excluding carboxylic acids is 1. The maximum Gasteiger partial charge on any atom is 0.287 e. The molecular formula is C7H8N2O2. The lowest BCUT2D eigenvalue weighted by atomic mass is 10.1. The lowest BCUT2D eigenvalue weighted by molar-refractivity contribution is 0.0917. The zero-order chi connectivity index (χ0) is 7.84. The first-order valence-electron chi connectivity index (χ1n) is 3.44. The van der Waals surface area contributed by atoms with Crippen LogP contribution in [0, 0.1) is 0 Å². The molecule has 0 saturated carbocycles. The molecule has 0 fully saturated rings. The highest BCUT2D eigenvalue weighted by Gasteiger charge is 2.20. The molecule has 1 aromatic rings. The molecule has 1 aliphatic rings. The van der Waals surface area contributed by atoms with Crippen LogP contribution in [-0.4, -0.2) is 12.5 Å². The van der Waals surface area contributed by atoms with Crippen LogP contribution >= 0.6 is 0 Å². The third kappa shape index (κ3) is 0.869. The number of rotatable bonds is 0. The minimum atomic E-state index is -0.164. The first kappa shape index (κ1) is 6.27. The third-order valence-electron chi connectivity index (χ3n) is 1.71. The Morgan fingerprint density at radius 2 is 2.45 bits per heavy atom. The normalized spacial score (nSPS) is 15.8. The number of carbonyl (C=O) groups is 1. The van der Waals surface area contributed by atoms with E-state index in [0.29, 0.717) is 18.2 Å². The highest BCUT2D eigenvalue weighted by atomic mass is 16.4. The number of hydrogen-bond acceptors (Lipinski definition) is 3. The monoisotopic (exact) mass is 152 g/mol. The summed E-state index contributed by atoms with van der Waals surface area (Å²) in [5, 5.41) is 2.66. The van der Waals surface area contributed by atoms with Gasteiger partial charge >= 0.3 is 0 Å². The average molecular weight is 152 g/mol. The molecule has 0 spiro atoms. The molecule has 1 aliphatic heterocycles. The van der Waals surface area contributed by atoms with Crippen LogP contribution < -0.4 is 11.1 Å². The summed E-state index contributed by atoms with van der Waals surface area (Å²) in [4.78, 5) is 11.0. The van der Waals surface area contributed by atoms with Crippen LogP contribution in [0.1, 0.15) is 16.1 Å². The van der Waals surface area contributed by atoms with E-state index in [4.69, 9.17) is 10.2 Å². The van der Waals surface area contributed by atoms with Gasteiger partial charge in [-0.25, -0.2) is 0 Å².